The maximum absolute atomic E-state index is 12.9. The number of hydrogen-bond donors (Lipinski definition) is 0. The van der Waals surface area contributed by atoms with Gasteiger partial charge in [0, 0.05) is 17.3 Å². The van der Waals surface area contributed by atoms with E-state index in [4.69, 9.17) is 16.3 Å². The summed E-state index contributed by atoms with van der Waals surface area (Å²) in [6.07, 6.45) is -1.80. The van der Waals surface area contributed by atoms with Gasteiger partial charge < -0.3 is 9.47 Å². The average molecular weight is 485 g/mol. The lowest BCUT2D eigenvalue weighted by Gasteiger charge is -2.19. The van der Waals surface area contributed by atoms with Gasteiger partial charge in [-0.2, -0.15) is 0 Å². The van der Waals surface area contributed by atoms with Crippen molar-refractivity contribution >= 4 is 23.4 Å². The second-order valence-corrected chi connectivity index (χ2v) is 9.46. The first-order chi connectivity index (χ1) is 14.9. The van der Waals surface area contributed by atoms with Crippen molar-refractivity contribution < 1.29 is 22.6 Å². The molecule has 0 aliphatic carbocycles. The summed E-state index contributed by atoms with van der Waals surface area (Å²) >= 11 is 7.37. The standard InChI is InChI=1S/C22H20ClF3N2O3S/c1-21(2,3)13-30-18-9-4-14(12-17(18)23)28-11-10-27-19(20(28)29)32-16-7-5-15(6-8-16)31-22(24,25)26/h4-12H,13H2,1-3H3. The molecule has 0 unspecified atom stereocenters. The second kappa shape index (κ2) is 9.46. The molecule has 0 aliphatic heterocycles. The molecule has 1 heterocycles. The normalized spacial score (nSPS) is 12.0. The number of aromatic nitrogens is 2. The van der Waals surface area contributed by atoms with Crippen LogP contribution in [0.25, 0.3) is 5.69 Å². The predicted octanol–water partition coefficient (Wildman–Crippen LogP) is 6.36. The first-order valence-corrected chi connectivity index (χ1v) is 10.6. The fourth-order valence-corrected chi connectivity index (χ4v) is 3.56. The predicted molar refractivity (Wildman–Crippen MR) is 117 cm³/mol. The molecule has 3 rings (SSSR count). The lowest BCUT2D eigenvalue weighted by atomic mass is 9.99. The fourth-order valence-electron chi connectivity index (χ4n) is 2.54. The van der Waals surface area contributed by atoms with Crippen LogP contribution in [0.1, 0.15) is 20.8 Å². The Morgan fingerprint density at radius 2 is 1.78 bits per heavy atom. The summed E-state index contributed by atoms with van der Waals surface area (Å²) in [5.74, 6) is 0.173. The monoisotopic (exact) mass is 484 g/mol. The van der Waals surface area contributed by atoms with Crippen LogP contribution in [0.15, 0.2) is 69.6 Å². The molecule has 0 atom stereocenters. The minimum Gasteiger partial charge on any atom is -0.491 e. The number of nitrogens with zero attached hydrogens (tertiary/aromatic N) is 2. The van der Waals surface area contributed by atoms with Gasteiger partial charge in [0.2, 0.25) is 0 Å². The zero-order valence-corrected chi connectivity index (χ0v) is 19.0. The molecule has 0 saturated carbocycles. The summed E-state index contributed by atoms with van der Waals surface area (Å²) in [5, 5.41) is 0.520. The van der Waals surface area contributed by atoms with Gasteiger partial charge in [-0.25, -0.2) is 4.98 Å². The van der Waals surface area contributed by atoms with E-state index in [1.165, 1.54) is 41.2 Å². The van der Waals surface area contributed by atoms with Crippen molar-refractivity contribution in [1.82, 2.24) is 9.55 Å². The van der Waals surface area contributed by atoms with E-state index in [0.29, 0.717) is 28.0 Å². The third-order valence-electron chi connectivity index (χ3n) is 3.94. The van der Waals surface area contributed by atoms with E-state index < -0.39 is 11.9 Å². The second-order valence-electron chi connectivity index (χ2n) is 7.99. The van der Waals surface area contributed by atoms with Gasteiger partial charge in [-0.1, -0.05) is 44.1 Å². The van der Waals surface area contributed by atoms with Crippen molar-refractivity contribution in [3.63, 3.8) is 0 Å². The van der Waals surface area contributed by atoms with Crippen molar-refractivity contribution in [1.29, 1.82) is 0 Å². The zero-order valence-electron chi connectivity index (χ0n) is 17.4. The number of benzene rings is 2. The van der Waals surface area contributed by atoms with Gasteiger partial charge in [0.05, 0.1) is 17.3 Å². The summed E-state index contributed by atoms with van der Waals surface area (Å²) in [7, 11) is 0. The van der Waals surface area contributed by atoms with Crippen molar-refractivity contribution in [3.05, 3.63) is 70.2 Å². The molecule has 32 heavy (non-hydrogen) atoms. The molecular weight excluding hydrogens is 465 g/mol. The molecule has 0 bridgehead atoms. The lowest BCUT2D eigenvalue weighted by Crippen LogP contribution is -2.20. The van der Waals surface area contributed by atoms with Crippen molar-refractivity contribution in [2.75, 3.05) is 6.61 Å². The molecule has 0 saturated heterocycles. The Morgan fingerprint density at radius 1 is 1.09 bits per heavy atom. The van der Waals surface area contributed by atoms with Gasteiger partial charge in [0.1, 0.15) is 11.5 Å². The highest BCUT2D eigenvalue weighted by Crippen LogP contribution is 2.30. The topological polar surface area (TPSA) is 53.4 Å². The Kier molecular flexibility index (Phi) is 7.09. The number of alkyl halides is 3. The van der Waals surface area contributed by atoms with Gasteiger partial charge >= 0.3 is 6.36 Å². The van der Waals surface area contributed by atoms with Crippen molar-refractivity contribution in [2.45, 2.75) is 37.1 Å². The Bertz CT molecular complexity index is 1140. The molecule has 170 valence electrons. The molecule has 2 aromatic carbocycles. The van der Waals surface area contributed by atoms with Crippen LogP contribution in [0.2, 0.25) is 5.02 Å². The van der Waals surface area contributed by atoms with Gasteiger partial charge in [-0.3, -0.25) is 9.36 Å². The van der Waals surface area contributed by atoms with Crippen LogP contribution in [0.3, 0.4) is 0 Å². The molecular formula is C22H20ClF3N2O3S. The zero-order chi connectivity index (χ0) is 23.5. The smallest absolute Gasteiger partial charge is 0.491 e. The third kappa shape index (κ3) is 6.67. The summed E-state index contributed by atoms with van der Waals surface area (Å²) in [4.78, 5) is 17.5. The summed E-state index contributed by atoms with van der Waals surface area (Å²) < 4.78 is 47.9. The summed E-state index contributed by atoms with van der Waals surface area (Å²) in [5.41, 5.74) is 0.0987. The van der Waals surface area contributed by atoms with Crippen LogP contribution in [-0.2, 0) is 0 Å². The molecule has 0 radical (unpaired) electrons. The van der Waals surface area contributed by atoms with E-state index in [1.54, 1.807) is 18.2 Å². The van der Waals surface area contributed by atoms with Crippen LogP contribution in [0, 0.1) is 5.41 Å². The first kappa shape index (κ1) is 24.0. The fraction of sp³-hybridized carbons (Fsp3) is 0.273. The van der Waals surface area contributed by atoms with Crippen LogP contribution < -0.4 is 15.0 Å². The van der Waals surface area contributed by atoms with Crippen molar-refractivity contribution in [3.8, 4) is 17.2 Å². The van der Waals surface area contributed by atoms with E-state index in [9.17, 15) is 18.0 Å². The third-order valence-corrected chi connectivity index (χ3v) is 5.21. The van der Waals surface area contributed by atoms with E-state index >= 15 is 0 Å². The van der Waals surface area contributed by atoms with Gasteiger partial charge in [0.25, 0.3) is 5.56 Å². The summed E-state index contributed by atoms with van der Waals surface area (Å²) in [6, 6.07) is 10.2. The molecule has 0 fully saturated rings. The highest BCUT2D eigenvalue weighted by atomic mass is 35.5. The van der Waals surface area contributed by atoms with Crippen LogP contribution >= 0.6 is 23.4 Å². The van der Waals surface area contributed by atoms with E-state index in [1.807, 2.05) is 20.8 Å². The number of hydrogen-bond acceptors (Lipinski definition) is 5. The Morgan fingerprint density at radius 3 is 2.38 bits per heavy atom. The Hall–Kier alpha value is -2.65. The van der Waals surface area contributed by atoms with E-state index in [2.05, 4.69) is 9.72 Å². The van der Waals surface area contributed by atoms with Crippen molar-refractivity contribution in [2.24, 2.45) is 5.41 Å². The highest BCUT2D eigenvalue weighted by Gasteiger charge is 2.31. The van der Waals surface area contributed by atoms with Crippen LogP contribution in [0.5, 0.6) is 11.5 Å². The SMILES string of the molecule is CC(C)(C)COc1ccc(-n2ccnc(Sc3ccc(OC(F)(F)F)cc3)c2=O)cc1Cl. The van der Waals surface area contributed by atoms with Gasteiger partial charge in [0.15, 0.2) is 5.03 Å². The quantitative estimate of drug-likeness (QED) is 0.407. The number of ether oxygens (including phenoxy) is 2. The number of rotatable bonds is 6. The highest BCUT2D eigenvalue weighted by molar-refractivity contribution is 7.99. The molecule has 0 aliphatic rings. The average Bonchev–Trinajstić information content (AvgIpc) is 2.68. The lowest BCUT2D eigenvalue weighted by molar-refractivity contribution is -0.274. The maximum atomic E-state index is 12.9. The van der Waals surface area contributed by atoms with Gasteiger partial charge in [-0.15, -0.1) is 13.2 Å². The minimum atomic E-state index is -4.77. The van der Waals surface area contributed by atoms with Crippen LogP contribution in [-0.4, -0.2) is 22.5 Å². The van der Waals surface area contributed by atoms with Crippen LogP contribution in [0.4, 0.5) is 13.2 Å². The van der Waals surface area contributed by atoms with Gasteiger partial charge in [-0.05, 0) is 47.9 Å². The first-order valence-electron chi connectivity index (χ1n) is 9.45. The molecule has 1 aromatic heterocycles. The molecule has 10 heteroatoms. The maximum Gasteiger partial charge on any atom is 0.573 e. The molecule has 3 aromatic rings. The molecule has 0 amide bonds. The Balaban J connectivity index is 1.80. The Labute approximate surface area is 192 Å². The molecule has 0 N–H and O–H groups in total. The van der Waals surface area contributed by atoms with E-state index in [0.717, 1.165) is 11.8 Å². The summed E-state index contributed by atoms with van der Waals surface area (Å²) in [6.45, 7) is 6.61. The molecule has 0 spiro atoms. The number of halogens is 4. The molecule has 5 nitrogen and oxygen atoms in total. The largest absolute Gasteiger partial charge is 0.573 e. The van der Waals surface area contributed by atoms with E-state index in [-0.39, 0.29) is 16.2 Å². The minimum absolute atomic E-state index is 0.0345.